The minimum atomic E-state index is -0.608. The Hall–Kier alpha value is -4.44. The number of halogens is 3. The van der Waals surface area contributed by atoms with E-state index in [0.717, 1.165) is 12.8 Å². The van der Waals surface area contributed by atoms with Crippen LogP contribution in [0.25, 0.3) is 10.9 Å². The molecule has 1 aliphatic carbocycles. The highest BCUT2D eigenvalue weighted by atomic mass is 35.5. The summed E-state index contributed by atoms with van der Waals surface area (Å²) in [5, 5.41) is 7.46. The molecule has 1 aromatic heterocycles. The van der Waals surface area contributed by atoms with Crippen LogP contribution in [0, 0.1) is 11.6 Å². The zero-order valence-electron chi connectivity index (χ0n) is 22.7. The van der Waals surface area contributed by atoms with Gasteiger partial charge in [0.25, 0.3) is 0 Å². The second-order valence-corrected chi connectivity index (χ2v) is 10.7. The fourth-order valence-corrected chi connectivity index (χ4v) is 4.98. The zero-order valence-corrected chi connectivity index (χ0v) is 23.5. The summed E-state index contributed by atoms with van der Waals surface area (Å²) in [6.07, 6.45) is 1.50. The lowest BCUT2D eigenvalue weighted by Gasteiger charge is -2.22. The molecule has 4 aromatic rings. The van der Waals surface area contributed by atoms with E-state index in [1.54, 1.807) is 24.3 Å². The predicted molar refractivity (Wildman–Crippen MR) is 152 cm³/mol. The SMILES string of the molecule is CC(=O)c1nn(CC(=O)N(CC(=O)NCc2cccc(Cl)c2F)C2CC2)c2ccc(CC(=O)c3cccc(F)c3)cc12. The van der Waals surface area contributed by atoms with E-state index < -0.39 is 17.5 Å². The van der Waals surface area contributed by atoms with Crippen LogP contribution in [0.1, 0.15) is 51.7 Å². The molecule has 0 unspecified atom stereocenters. The van der Waals surface area contributed by atoms with E-state index in [1.165, 1.54) is 52.9 Å². The quantitative estimate of drug-likeness (QED) is 0.250. The average Bonchev–Trinajstić information content (AvgIpc) is 3.74. The molecule has 11 heteroatoms. The van der Waals surface area contributed by atoms with Gasteiger partial charge >= 0.3 is 0 Å². The molecule has 1 aliphatic rings. The summed E-state index contributed by atoms with van der Waals surface area (Å²) in [4.78, 5) is 52.6. The first-order chi connectivity index (χ1) is 20.1. The van der Waals surface area contributed by atoms with Gasteiger partial charge in [-0.3, -0.25) is 23.9 Å². The number of ketones is 2. The highest BCUT2D eigenvalue weighted by Crippen LogP contribution is 2.28. The van der Waals surface area contributed by atoms with Crippen molar-refractivity contribution in [2.75, 3.05) is 6.54 Å². The van der Waals surface area contributed by atoms with Crippen molar-refractivity contribution in [1.29, 1.82) is 0 Å². The van der Waals surface area contributed by atoms with Gasteiger partial charge < -0.3 is 10.2 Å². The molecular weight excluding hydrogens is 566 g/mol. The van der Waals surface area contributed by atoms with Gasteiger partial charge in [0.2, 0.25) is 11.8 Å². The molecule has 0 bridgehead atoms. The summed E-state index contributed by atoms with van der Waals surface area (Å²) in [6, 6.07) is 14.9. The standard InChI is InChI=1S/C31H27ClF2N4O4/c1-18(39)31-24-12-19(13-27(40)20-4-2-6-22(33)14-20)8-11-26(24)38(36-31)17-29(42)37(23-9-10-23)16-28(41)35-15-21-5-3-7-25(32)30(21)34/h2-8,11-12,14,23H,9-10,13,15-17H2,1H3,(H,35,41). The number of fused-ring (bicyclic) bond motifs is 1. The Kier molecular flexibility index (Phi) is 8.44. The third-order valence-electron chi connectivity index (χ3n) is 7.07. The Balaban J connectivity index is 1.30. The van der Waals surface area contributed by atoms with Gasteiger partial charge in [-0.05, 0) is 48.7 Å². The monoisotopic (exact) mass is 592 g/mol. The van der Waals surface area contributed by atoms with Crippen LogP contribution in [0.5, 0.6) is 0 Å². The number of rotatable bonds is 11. The smallest absolute Gasteiger partial charge is 0.245 e. The highest BCUT2D eigenvalue weighted by Gasteiger charge is 2.34. The van der Waals surface area contributed by atoms with Crippen LogP contribution in [-0.4, -0.2) is 50.6 Å². The molecule has 1 fully saturated rings. The molecule has 42 heavy (non-hydrogen) atoms. The van der Waals surface area contributed by atoms with E-state index in [4.69, 9.17) is 11.6 Å². The molecule has 0 saturated heterocycles. The minimum Gasteiger partial charge on any atom is -0.350 e. The van der Waals surface area contributed by atoms with E-state index in [-0.39, 0.29) is 71.4 Å². The highest BCUT2D eigenvalue weighted by molar-refractivity contribution is 6.30. The molecule has 3 aromatic carbocycles. The van der Waals surface area contributed by atoms with Crippen molar-refractivity contribution < 1.29 is 28.0 Å². The number of carbonyl (C=O) groups excluding carboxylic acids is 4. The number of Topliss-reactive ketones (excluding diaryl/α,β-unsaturated/α-hetero) is 2. The van der Waals surface area contributed by atoms with E-state index >= 15 is 0 Å². The van der Waals surface area contributed by atoms with Gasteiger partial charge in [0.05, 0.1) is 17.1 Å². The third-order valence-corrected chi connectivity index (χ3v) is 7.37. The van der Waals surface area contributed by atoms with E-state index in [2.05, 4.69) is 10.4 Å². The van der Waals surface area contributed by atoms with Crippen LogP contribution in [0.15, 0.2) is 60.7 Å². The van der Waals surface area contributed by atoms with Crippen LogP contribution in [0.2, 0.25) is 5.02 Å². The van der Waals surface area contributed by atoms with Crippen LogP contribution in [0.4, 0.5) is 8.78 Å². The summed E-state index contributed by atoms with van der Waals surface area (Å²) in [5.74, 6) is -2.51. The van der Waals surface area contributed by atoms with Crippen molar-refractivity contribution >= 4 is 45.9 Å². The lowest BCUT2D eigenvalue weighted by molar-refractivity contribution is -0.137. The number of hydrogen-bond acceptors (Lipinski definition) is 5. The number of hydrogen-bond donors (Lipinski definition) is 1. The maximum Gasteiger partial charge on any atom is 0.245 e. The third kappa shape index (κ3) is 6.54. The molecule has 1 heterocycles. The lowest BCUT2D eigenvalue weighted by atomic mass is 10.0. The van der Waals surface area contributed by atoms with Gasteiger partial charge in [-0.25, -0.2) is 8.78 Å². The van der Waals surface area contributed by atoms with Crippen molar-refractivity contribution in [2.24, 2.45) is 0 Å². The van der Waals surface area contributed by atoms with E-state index in [1.807, 2.05) is 0 Å². The topological polar surface area (TPSA) is 101 Å². The molecule has 8 nitrogen and oxygen atoms in total. The van der Waals surface area contributed by atoms with Gasteiger partial charge in [0.15, 0.2) is 11.6 Å². The van der Waals surface area contributed by atoms with Crippen molar-refractivity contribution in [3.8, 4) is 0 Å². The summed E-state index contributed by atoms with van der Waals surface area (Å²) in [6.45, 7) is 0.866. The van der Waals surface area contributed by atoms with Gasteiger partial charge in [0.1, 0.15) is 23.9 Å². The van der Waals surface area contributed by atoms with Gasteiger partial charge in [-0.1, -0.05) is 41.9 Å². The van der Waals surface area contributed by atoms with Crippen molar-refractivity contribution in [1.82, 2.24) is 20.0 Å². The van der Waals surface area contributed by atoms with Crippen molar-refractivity contribution in [3.63, 3.8) is 0 Å². The Labute approximate surface area is 245 Å². The number of aromatic nitrogens is 2. The largest absolute Gasteiger partial charge is 0.350 e. The molecule has 1 N–H and O–H groups in total. The maximum absolute atomic E-state index is 14.2. The van der Waals surface area contributed by atoms with Crippen LogP contribution < -0.4 is 5.32 Å². The van der Waals surface area contributed by atoms with Gasteiger partial charge in [0, 0.05) is 42.4 Å². The summed E-state index contributed by atoms with van der Waals surface area (Å²) >= 11 is 5.81. The zero-order chi connectivity index (χ0) is 30.0. The first-order valence-electron chi connectivity index (χ1n) is 13.4. The van der Waals surface area contributed by atoms with Crippen molar-refractivity contribution in [3.05, 3.63) is 99.7 Å². The summed E-state index contributed by atoms with van der Waals surface area (Å²) < 4.78 is 29.2. The summed E-state index contributed by atoms with van der Waals surface area (Å²) in [7, 11) is 0. The number of amides is 2. The fourth-order valence-electron chi connectivity index (χ4n) is 4.78. The molecule has 0 aliphatic heterocycles. The van der Waals surface area contributed by atoms with Crippen molar-refractivity contribution in [2.45, 2.75) is 45.3 Å². The maximum atomic E-state index is 14.2. The Morgan fingerprint density at radius 3 is 2.52 bits per heavy atom. The number of carbonyl (C=O) groups is 4. The van der Waals surface area contributed by atoms with Crippen LogP contribution >= 0.6 is 11.6 Å². The first-order valence-corrected chi connectivity index (χ1v) is 13.8. The Bertz CT molecular complexity index is 1720. The molecule has 2 amide bonds. The second-order valence-electron chi connectivity index (χ2n) is 10.3. The first kappa shape index (κ1) is 29.1. The lowest BCUT2D eigenvalue weighted by Crippen LogP contribution is -2.43. The average molecular weight is 593 g/mol. The van der Waals surface area contributed by atoms with Gasteiger partial charge in [-0.2, -0.15) is 5.10 Å². The fraction of sp³-hybridized carbons (Fsp3) is 0.258. The molecule has 1 saturated carbocycles. The van der Waals surface area contributed by atoms with E-state index in [9.17, 15) is 28.0 Å². The minimum absolute atomic E-state index is 0.00942. The number of nitrogens with zero attached hydrogens (tertiary/aromatic N) is 3. The molecule has 0 radical (unpaired) electrons. The van der Waals surface area contributed by atoms with Gasteiger partial charge in [-0.15, -0.1) is 0 Å². The summed E-state index contributed by atoms with van der Waals surface area (Å²) in [5.41, 5.74) is 1.75. The van der Waals surface area contributed by atoms with E-state index in [0.29, 0.717) is 16.5 Å². The Morgan fingerprint density at radius 2 is 1.81 bits per heavy atom. The number of benzene rings is 3. The molecule has 0 atom stereocenters. The molecule has 0 spiro atoms. The predicted octanol–water partition coefficient (Wildman–Crippen LogP) is 4.90. The van der Waals surface area contributed by atoms with Crippen LogP contribution in [-0.2, 0) is 29.1 Å². The second kappa shape index (κ2) is 12.2. The molecule has 5 rings (SSSR count). The number of nitrogens with one attached hydrogen (secondary N) is 1. The normalized spacial score (nSPS) is 12.8. The molecule has 216 valence electrons. The Morgan fingerprint density at radius 1 is 1.05 bits per heavy atom. The molecular formula is C31H27ClF2N4O4. The van der Waals surface area contributed by atoms with Crippen LogP contribution in [0.3, 0.4) is 0 Å².